The Balaban J connectivity index is 1.13. The molecule has 4 aliphatic heterocycles. The van der Waals surface area contributed by atoms with E-state index in [2.05, 4.69) is 21.3 Å². The third-order valence-electron chi connectivity index (χ3n) is 11.0. The molecule has 0 aromatic heterocycles. The van der Waals surface area contributed by atoms with Crippen LogP contribution in [0, 0.1) is 11.8 Å². The molecule has 14 heteroatoms. The van der Waals surface area contributed by atoms with Gasteiger partial charge in [0.2, 0.25) is 5.91 Å². The lowest BCUT2D eigenvalue weighted by Gasteiger charge is -2.40. The number of hydrogen-bond acceptors (Lipinski definition) is 5. The smallest absolute Gasteiger partial charge is 0.386 e. The maximum Gasteiger partial charge on any atom is 0.418 e. The topological polar surface area (TPSA) is 109 Å². The number of carbonyl (C=O) groups is 3. The van der Waals surface area contributed by atoms with Crippen LogP contribution in [-0.4, -0.2) is 97.6 Å². The van der Waals surface area contributed by atoms with Crippen molar-refractivity contribution >= 4 is 40.9 Å². The van der Waals surface area contributed by atoms with Crippen molar-refractivity contribution in [1.82, 2.24) is 25.3 Å². The number of piperidine rings is 3. The molecule has 0 bridgehead atoms. The number of hydrogen-bond donors (Lipinski definition) is 4. The molecule has 6 rings (SSSR count). The Kier molecular flexibility index (Phi) is 11.3. The Morgan fingerprint density at radius 3 is 2.28 bits per heavy atom. The Morgan fingerprint density at radius 2 is 1.60 bits per heavy atom. The molecule has 2 aromatic rings. The van der Waals surface area contributed by atoms with Gasteiger partial charge in [-0.05, 0) is 99.2 Å². The number of nitrogens with zero attached hydrogens (tertiary/aromatic N) is 3. The van der Waals surface area contributed by atoms with Gasteiger partial charge in [-0.2, -0.15) is 13.2 Å². The van der Waals surface area contributed by atoms with Gasteiger partial charge in [0.1, 0.15) is 6.04 Å². The van der Waals surface area contributed by atoms with Crippen molar-refractivity contribution in [2.24, 2.45) is 11.8 Å². The molecule has 0 saturated carbocycles. The second kappa shape index (κ2) is 15.7. The minimum Gasteiger partial charge on any atom is -0.386 e. The first-order valence-corrected chi connectivity index (χ1v) is 18.2. The maximum absolute atomic E-state index is 14.1. The number of likely N-dealkylation sites (tertiary alicyclic amines) is 2. The van der Waals surface area contributed by atoms with Crippen LogP contribution in [0.25, 0.3) is 0 Å². The summed E-state index contributed by atoms with van der Waals surface area (Å²) in [6.45, 7) is 4.40. The van der Waals surface area contributed by atoms with E-state index >= 15 is 0 Å². The number of fused-ring (bicyclic) bond motifs is 1. The molecule has 2 aromatic carbocycles. The second-order valence-corrected chi connectivity index (χ2v) is 14.4. The number of para-hydroxylation sites is 1. The summed E-state index contributed by atoms with van der Waals surface area (Å²) in [5.74, 6) is 0.842. The van der Waals surface area contributed by atoms with Crippen molar-refractivity contribution in [2.75, 3.05) is 63.5 Å². The van der Waals surface area contributed by atoms with E-state index in [1.54, 1.807) is 9.80 Å². The predicted molar refractivity (Wildman–Crippen MR) is 187 cm³/mol. The molecule has 1 unspecified atom stereocenters. The van der Waals surface area contributed by atoms with Crippen LogP contribution in [0.4, 0.5) is 34.1 Å². The molecule has 0 radical (unpaired) electrons. The molecule has 0 spiro atoms. The molecule has 4 N–H and O–H groups in total. The number of halogens is 4. The molecular weight excluding hydrogens is 671 g/mol. The fraction of sp³-hybridized carbons (Fsp3) is 0.583. The van der Waals surface area contributed by atoms with Crippen LogP contribution in [0.5, 0.6) is 0 Å². The first kappa shape index (κ1) is 36.1. The molecule has 272 valence electrons. The summed E-state index contributed by atoms with van der Waals surface area (Å²) in [5, 5.41) is 11.7. The summed E-state index contributed by atoms with van der Waals surface area (Å²) >= 11 is 6.30. The molecule has 3 saturated heterocycles. The molecule has 1 atom stereocenters. The van der Waals surface area contributed by atoms with Crippen molar-refractivity contribution in [3.8, 4) is 0 Å². The fourth-order valence-electron chi connectivity index (χ4n) is 8.18. The van der Waals surface area contributed by atoms with E-state index in [1.165, 1.54) is 13.1 Å². The molecule has 0 aliphatic carbocycles. The van der Waals surface area contributed by atoms with Crippen LogP contribution in [0.3, 0.4) is 0 Å². The van der Waals surface area contributed by atoms with Crippen LogP contribution in [0.2, 0.25) is 5.02 Å². The van der Waals surface area contributed by atoms with Gasteiger partial charge in [0.05, 0.1) is 16.3 Å². The van der Waals surface area contributed by atoms with Gasteiger partial charge >= 0.3 is 18.2 Å². The first-order valence-electron chi connectivity index (χ1n) is 17.8. The summed E-state index contributed by atoms with van der Waals surface area (Å²) in [5.41, 5.74) is 0.935. The molecule has 5 amide bonds. The number of urea groups is 2. The van der Waals surface area contributed by atoms with Gasteiger partial charge in [-0.25, -0.2) is 9.59 Å². The zero-order valence-corrected chi connectivity index (χ0v) is 29.2. The van der Waals surface area contributed by atoms with Gasteiger partial charge in [-0.3, -0.25) is 4.79 Å². The first-order chi connectivity index (χ1) is 24.0. The SMILES string of the molecule is CNc1c(Cl)cc(CC(NC(=O)N2CCC(N3CCc4ccccc4NC3=O)CC2)C(=O)N2CCC(C3CCNCC3)CC2)cc1C(F)(F)F. The molecule has 50 heavy (non-hydrogen) atoms. The lowest BCUT2D eigenvalue weighted by Crippen LogP contribution is -2.57. The number of amides is 5. The van der Waals surface area contributed by atoms with Crippen LogP contribution in [-0.2, 0) is 23.8 Å². The number of benzene rings is 2. The zero-order chi connectivity index (χ0) is 35.4. The highest BCUT2D eigenvalue weighted by molar-refractivity contribution is 6.33. The minimum atomic E-state index is -4.67. The lowest BCUT2D eigenvalue weighted by atomic mass is 9.79. The van der Waals surface area contributed by atoms with E-state index in [4.69, 9.17) is 11.6 Å². The standard InChI is InChI=1S/C36H47ClF3N7O3/c1-41-32-28(36(38,39)40)20-23(21-29(32)37)22-31(33(48)45-15-8-25(9-16-45)24-6-13-42-14-7-24)44-34(49)46-17-11-27(12-18-46)47-19-10-26-4-2-3-5-30(26)43-35(47)50/h2-5,20-21,24-25,27,31,41-42H,6-19,22H2,1H3,(H,43,50)(H,44,49). The van der Waals surface area contributed by atoms with E-state index in [9.17, 15) is 27.6 Å². The molecule has 10 nitrogen and oxygen atoms in total. The van der Waals surface area contributed by atoms with Crippen LogP contribution < -0.4 is 21.3 Å². The summed E-state index contributed by atoms with van der Waals surface area (Å²) in [6, 6.07) is 8.43. The van der Waals surface area contributed by atoms with E-state index in [0.717, 1.165) is 62.5 Å². The number of alkyl halides is 3. The Hall–Kier alpha value is -3.71. The third kappa shape index (κ3) is 8.25. The number of carbonyl (C=O) groups excluding carboxylic acids is 3. The van der Waals surface area contributed by atoms with Crippen molar-refractivity contribution in [3.05, 3.63) is 58.1 Å². The molecule has 4 aliphatic rings. The van der Waals surface area contributed by atoms with Crippen molar-refractivity contribution in [1.29, 1.82) is 0 Å². The largest absolute Gasteiger partial charge is 0.418 e. The van der Waals surface area contributed by atoms with Crippen LogP contribution in [0.15, 0.2) is 36.4 Å². The van der Waals surface area contributed by atoms with E-state index < -0.39 is 23.8 Å². The van der Waals surface area contributed by atoms with Crippen LogP contribution in [0.1, 0.15) is 55.2 Å². The minimum absolute atomic E-state index is 0.0550. The predicted octanol–water partition coefficient (Wildman–Crippen LogP) is 5.81. The Bertz CT molecular complexity index is 1540. The highest BCUT2D eigenvalue weighted by Crippen LogP contribution is 2.40. The van der Waals surface area contributed by atoms with Gasteiger partial charge < -0.3 is 36.0 Å². The lowest BCUT2D eigenvalue weighted by molar-refractivity contribution is -0.137. The highest BCUT2D eigenvalue weighted by Gasteiger charge is 2.38. The van der Waals surface area contributed by atoms with Crippen molar-refractivity contribution in [3.63, 3.8) is 0 Å². The van der Waals surface area contributed by atoms with Crippen molar-refractivity contribution in [2.45, 2.75) is 69.6 Å². The number of nitrogens with one attached hydrogen (secondary N) is 4. The fourth-order valence-corrected chi connectivity index (χ4v) is 8.52. The molecular formula is C36H47ClF3N7O3. The zero-order valence-electron chi connectivity index (χ0n) is 28.5. The van der Waals surface area contributed by atoms with Gasteiger partial charge in [-0.1, -0.05) is 29.8 Å². The van der Waals surface area contributed by atoms with Gasteiger partial charge in [0.15, 0.2) is 0 Å². The normalized spacial score (nSPS) is 20.5. The summed E-state index contributed by atoms with van der Waals surface area (Å²) < 4.78 is 42.1. The highest BCUT2D eigenvalue weighted by atomic mass is 35.5. The van der Waals surface area contributed by atoms with Crippen molar-refractivity contribution < 1.29 is 27.6 Å². The average Bonchev–Trinajstić information content (AvgIpc) is 3.29. The molecule has 4 heterocycles. The van der Waals surface area contributed by atoms with Gasteiger partial charge in [0, 0.05) is 57.9 Å². The van der Waals surface area contributed by atoms with Gasteiger partial charge in [-0.15, -0.1) is 0 Å². The Morgan fingerprint density at radius 1 is 0.940 bits per heavy atom. The third-order valence-corrected chi connectivity index (χ3v) is 11.3. The van der Waals surface area contributed by atoms with Gasteiger partial charge in [0.25, 0.3) is 0 Å². The monoisotopic (exact) mass is 717 g/mol. The Labute approximate surface area is 296 Å². The maximum atomic E-state index is 14.1. The van der Waals surface area contributed by atoms with Crippen LogP contribution >= 0.6 is 11.6 Å². The quantitative estimate of drug-likeness (QED) is 0.289. The van der Waals surface area contributed by atoms with E-state index in [0.29, 0.717) is 57.4 Å². The molecule has 3 fully saturated rings. The summed E-state index contributed by atoms with van der Waals surface area (Å²) in [7, 11) is 1.37. The summed E-state index contributed by atoms with van der Waals surface area (Å²) in [6.07, 6.45) is 1.01. The average molecular weight is 718 g/mol. The number of anilines is 2. The van der Waals surface area contributed by atoms with E-state index in [1.807, 2.05) is 29.2 Å². The number of rotatable bonds is 7. The second-order valence-electron chi connectivity index (χ2n) is 14.0. The van der Waals surface area contributed by atoms with E-state index in [-0.39, 0.29) is 40.7 Å². The summed E-state index contributed by atoms with van der Waals surface area (Å²) in [4.78, 5) is 46.1.